The van der Waals surface area contributed by atoms with E-state index in [0.29, 0.717) is 35.9 Å². The van der Waals surface area contributed by atoms with Crippen molar-refractivity contribution < 1.29 is 13.9 Å². The maximum atomic E-state index is 13.9. The first-order valence-electron chi connectivity index (χ1n) is 11.4. The van der Waals surface area contributed by atoms with E-state index in [1.165, 1.54) is 12.1 Å². The van der Waals surface area contributed by atoms with Crippen LogP contribution in [0.5, 0.6) is 5.75 Å². The van der Waals surface area contributed by atoms with Gasteiger partial charge in [-0.2, -0.15) is 0 Å². The van der Waals surface area contributed by atoms with Crippen LogP contribution >= 0.6 is 0 Å². The Labute approximate surface area is 187 Å². The van der Waals surface area contributed by atoms with Crippen LogP contribution in [0.1, 0.15) is 41.6 Å². The molecular weight excluding hydrogens is 403 g/mol. The third-order valence-corrected chi connectivity index (χ3v) is 7.18. The Bertz CT molecular complexity index is 1100. The molecule has 0 amide bonds. The van der Waals surface area contributed by atoms with Crippen LogP contribution in [-0.4, -0.2) is 22.4 Å². The van der Waals surface area contributed by atoms with Crippen LogP contribution in [0.4, 0.5) is 4.39 Å². The minimum absolute atomic E-state index is 0.00910. The first kappa shape index (κ1) is 20.8. The molecule has 0 radical (unpaired) electrons. The average Bonchev–Trinajstić information content (AvgIpc) is 3.13. The molecule has 0 N–H and O–H groups in total. The molecule has 164 valence electrons. The molecule has 3 aromatic rings. The molecule has 3 unspecified atom stereocenters. The van der Waals surface area contributed by atoms with Gasteiger partial charge in [0.2, 0.25) is 0 Å². The highest BCUT2D eigenvalue weighted by Crippen LogP contribution is 2.51. The molecule has 5 rings (SSSR count). The van der Waals surface area contributed by atoms with Crippen molar-refractivity contribution in [1.82, 2.24) is 9.97 Å². The largest absolute Gasteiger partial charge is 0.493 e. The number of nitrogens with zero attached hydrogens (tertiary/aromatic N) is 2. The zero-order valence-electron chi connectivity index (χ0n) is 18.2. The summed E-state index contributed by atoms with van der Waals surface area (Å²) in [5, 5.41) is 0. The molecule has 0 spiro atoms. The molecule has 2 fully saturated rings. The van der Waals surface area contributed by atoms with Crippen LogP contribution in [0.25, 0.3) is 11.4 Å². The van der Waals surface area contributed by atoms with Gasteiger partial charge in [-0.3, -0.25) is 4.79 Å². The Morgan fingerprint density at radius 1 is 1.03 bits per heavy atom. The SMILES string of the molecule is Cc1ccc(-c2ncccn2)c(C(=O)C2C3CCC2[C@@H](COc2ccc(F)cc2)CC3)c1. The fourth-order valence-electron chi connectivity index (χ4n) is 5.63. The number of benzene rings is 2. The van der Waals surface area contributed by atoms with Gasteiger partial charge in [0.05, 0.1) is 6.61 Å². The minimum atomic E-state index is -0.268. The highest BCUT2D eigenvalue weighted by molar-refractivity contribution is 6.03. The fourth-order valence-corrected chi connectivity index (χ4v) is 5.63. The van der Waals surface area contributed by atoms with Crippen LogP contribution in [0.15, 0.2) is 60.9 Å². The molecule has 0 saturated heterocycles. The smallest absolute Gasteiger partial charge is 0.167 e. The lowest BCUT2D eigenvalue weighted by atomic mass is 9.69. The van der Waals surface area contributed by atoms with E-state index in [-0.39, 0.29) is 17.5 Å². The van der Waals surface area contributed by atoms with Crippen molar-refractivity contribution in [1.29, 1.82) is 0 Å². The average molecular weight is 431 g/mol. The first-order valence-corrected chi connectivity index (χ1v) is 11.4. The van der Waals surface area contributed by atoms with Crippen molar-refractivity contribution in [3.8, 4) is 17.1 Å². The van der Waals surface area contributed by atoms with Gasteiger partial charge in [-0.25, -0.2) is 14.4 Å². The van der Waals surface area contributed by atoms with E-state index in [2.05, 4.69) is 9.97 Å². The molecule has 2 aromatic carbocycles. The zero-order chi connectivity index (χ0) is 22.1. The quantitative estimate of drug-likeness (QED) is 0.457. The van der Waals surface area contributed by atoms with Gasteiger partial charge >= 0.3 is 0 Å². The van der Waals surface area contributed by atoms with Crippen LogP contribution in [0, 0.1) is 36.4 Å². The molecule has 1 heterocycles. The standard InChI is InChI=1S/C27H27FN2O2/c1-17-3-11-23(27-29-13-2-14-30-27)24(15-17)26(31)25-18-4-5-19(22(25)12-6-18)16-32-21-9-7-20(28)8-10-21/h2-3,7-11,13-15,18-19,22,25H,4-6,12,16H2,1H3/t18?,19-,22?,25?/m1/s1. The Morgan fingerprint density at radius 3 is 2.56 bits per heavy atom. The number of hydrogen-bond donors (Lipinski definition) is 0. The monoisotopic (exact) mass is 430 g/mol. The van der Waals surface area contributed by atoms with E-state index in [0.717, 1.165) is 42.4 Å². The Balaban J connectivity index is 1.39. The van der Waals surface area contributed by atoms with Gasteiger partial charge in [0, 0.05) is 29.4 Å². The van der Waals surface area contributed by atoms with Gasteiger partial charge in [-0.15, -0.1) is 0 Å². The number of carbonyl (C=O) groups is 1. The topological polar surface area (TPSA) is 52.1 Å². The summed E-state index contributed by atoms with van der Waals surface area (Å²) in [4.78, 5) is 22.7. The number of aromatic nitrogens is 2. The van der Waals surface area contributed by atoms with E-state index in [9.17, 15) is 9.18 Å². The Kier molecular flexibility index (Phi) is 5.73. The molecule has 2 aliphatic rings. The van der Waals surface area contributed by atoms with E-state index in [1.54, 1.807) is 30.6 Å². The highest BCUT2D eigenvalue weighted by Gasteiger charge is 2.48. The number of fused-ring (bicyclic) bond motifs is 2. The summed E-state index contributed by atoms with van der Waals surface area (Å²) in [5.41, 5.74) is 2.61. The van der Waals surface area contributed by atoms with Crippen molar-refractivity contribution in [3.63, 3.8) is 0 Å². The lowest BCUT2D eigenvalue weighted by molar-refractivity contribution is 0.0658. The van der Waals surface area contributed by atoms with Crippen LogP contribution in [0.2, 0.25) is 0 Å². The number of Topliss-reactive ketones (excluding diaryl/α,β-unsaturated/α-hetero) is 1. The second-order valence-corrected chi connectivity index (χ2v) is 9.12. The molecule has 4 atom stereocenters. The van der Waals surface area contributed by atoms with Gasteiger partial charge in [0.15, 0.2) is 11.6 Å². The predicted octanol–water partition coefficient (Wildman–Crippen LogP) is 5.91. The summed E-state index contributed by atoms with van der Waals surface area (Å²) in [6.07, 6.45) is 7.70. The molecule has 2 bridgehead atoms. The highest BCUT2D eigenvalue weighted by atomic mass is 19.1. The van der Waals surface area contributed by atoms with Gasteiger partial charge in [0.25, 0.3) is 0 Å². The molecule has 2 aliphatic carbocycles. The summed E-state index contributed by atoms with van der Waals surface area (Å²) in [5.74, 6) is 2.30. The Hall–Kier alpha value is -3.08. The summed E-state index contributed by atoms with van der Waals surface area (Å²) in [7, 11) is 0. The number of halogens is 1. The van der Waals surface area contributed by atoms with Crippen LogP contribution in [-0.2, 0) is 0 Å². The molecule has 0 aliphatic heterocycles. The summed E-state index contributed by atoms with van der Waals surface area (Å²) >= 11 is 0. The molecule has 1 aromatic heterocycles. The summed E-state index contributed by atoms with van der Waals surface area (Å²) in [6.45, 7) is 2.58. The number of ether oxygens (including phenoxy) is 1. The van der Waals surface area contributed by atoms with Crippen molar-refractivity contribution in [2.75, 3.05) is 6.61 Å². The van der Waals surface area contributed by atoms with E-state index < -0.39 is 0 Å². The van der Waals surface area contributed by atoms with Crippen LogP contribution < -0.4 is 4.74 Å². The van der Waals surface area contributed by atoms with Crippen molar-refractivity contribution in [2.45, 2.75) is 32.6 Å². The van der Waals surface area contributed by atoms with Crippen molar-refractivity contribution in [2.24, 2.45) is 23.7 Å². The number of carbonyl (C=O) groups excluding carboxylic acids is 1. The van der Waals surface area contributed by atoms with E-state index >= 15 is 0 Å². The second-order valence-electron chi connectivity index (χ2n) is 9.12. The molecule has 2 saturated carbocycles. The molecular formula is C27H27FN2O2. The molecule has 5 heteroatoms. The normalized spacial score (nSPS) is 24.3. The maximum Gasteiger partial charge on any atom is 0.167 e. The number of ketones is 1. The van der Waals surface area contributed by atoms with Gasteiger partial charge in [-0.1, -0.05) is 17.7 Å². The van der Waals surface area contributed by atoms with Gasteiger partial charge in [-0.05, 0) is 86.8 Å². The second kappa shape index (κ2) is 8.81. The third-order valence-electron chi connectivity index (χ3n) is 7.18. The lowest BCUT2D eigenvalue weighted by Crippen LogP contribution is -2.36. The van der Waals surface area contributed by atoms with Crippen molar-refractivity contribution in [3.05, 3.63) is 77.9 Å². The zero-order valence-corrected chi connectivity index (χ0v) is 18.2. The van der Waals surface area contributed by atoms with Crippen LogP contribution in [0.3, 0.4) is 0 Å². The number of rotatable bonds is 6. The maximum absolute atomic E-state index is 13.9. The van der Waals surface area contributed by atoms with E-state index in [1.807, 2.05) is 25.1 Å². The van der Waals surface area contributed by atoms with Crippen molar-refractivity contribution >= 4 is 5.78 Å². The lowest BCUT2D eigenvalue weighted by Gasteiger charge is -2.36. The Morgan fingerprint density at radius 2 is 1.78 bits per heavy atom. The summed E-state index contributed by atoms with van der Waals surface area (Å²) in [6, 6.07) is 13.9. The fraction of sp³-hybridized carbons (Fsp3) is 0.370. The van der Waals surface area contributed by atoms with Gasteiger partial charge in [0.1, 0.15) is 11.6 Å². The first-order chi connectivity index (χ1) is 15.6. The summed E-state index contributed by atoms with van der Waals surface area (Å²) < 4.78 is 19.2. The molecule has 4 nitrogen and oxygen atoms in total. The van der Waals surface area contributed by atoms with Gasteiger partial charge < -0.3 is 4.74 Å². The molecule has 32 heavy (non-hydrogen) atoms. The predicted molar refractivity (Wildman–Crippen MR) is 121 cm³/mol. The minimum Gasteiger partial charge on any atom is -0.493 e. The number of aryl methyl sites for hydroxylation is 1. The third kappa shape index (κ3) is 4.04. The van der Waals surface area contributed by atoms with E-state index in [4.69, 9.17) is 4.74 Å². The number of hydrogen-bond acceptors (Lipinski definition) is 4.